The topological polar surface area (TPSA) is 67.6 Å². The van der Waals surface area contributed by atoms with E-state index in [0.29, 0.717) is 24.0 Å². The van der Waals surface area contributed by atoms with Gasteiger partial charge >= 0.3 is 6.03 Å². The molecular weight excluding hydrogens is 278 g/mol. The summed E-state index contributed by atoms with van der Waals surface area (Å²) in [6, 6.07) is 0.499. The van der Waals surface area contributed by atoms with Gasteiger partial charge in [0.25, 0.3) is 0 Å². The number of carbonyl (C=O) groups is 1. The van der Waals surface area contributed by atoms with Crippen molar-refractivity contribution in [2.45, 2.75) is 57.1 Å². The lowest BCUT2D eigenvalue weighted by atomic mass is 9.54. The number of likely N-dealkylation sites (tertiary alicyclic amines) is 1. The van der Waals surface area contributed by atoms with Gasteiger partial charge in [-0.3, -0.25) is 0 Å². The summed E-state index contributed by atoms with van der Waals surface area (Å²) in [4.78, 5) is 14.7. The number of urea groups is 1. The van der Waals surface area contributed by atoms with Gasteiger partial charge in [0.05, 0.1) is 6.10 Å². The molecule has 22 heavy (non-hydrogen) atoms. The van der Waals surface area contributed by atoms with Gasteiger partial charge in [0.15, 0.2) is 0 Å². The fourth-order valence-corrected chi connectivity index (χ4v) is 5.50. The lowest BCUT2D eigenvalue weighted by Gasteiger charge is -2.57. The van der Waals surface area contributed by atoms with Crippen LogP contribution in [0.5, 0.6) is 0 Å². The quantitative estimate of drug-likeness (QED) is 0.816. The van der Waals surface area contributed by atoms with Gasteiger partial charge < -0.3 is 20.7 Å². The molecule has 1 spiro atoms. The van der Waals surface area contributed by atoms with Crippen LogP contribution in [0.15, 0.2) is 0 Å². The first-order chi connectivity index (χ1) is 10.7. The van der Waals surface area contributed by atoms with Gasteiger partial charge in [-0.05, 0) is 44.6 Å². The molecule has 3 atom stereocenters. The Kier molecular flexibility index (Phi) is 3.81. The smallest absolute Gasteiger partial charge is 0.317 e. The Morgan fingerprint density at radius 2 is 1.95 bits per heavy atom. The van der Waals surface area contributed by atoms with Gasteiger partial charge in [-0.15, -0.1) is 0 Å². The highest BCUT2D eigenvalue weighted by atomic mass is 16.5. The predicted molar refractivity (Wildman–Crippen MR) is 84.4 cm³/mol. The molecule has 2 aliphatic carbocycles. The maximum absolute atomic E-state index is 12.7. The SMILES string of the molecule is NCC1CCN(C(=O)NC2C3CCOC3C23CCCC3)CC1. The molecule has 0 radical (unpaired) electrons. The number of rotatable bonds is 2. The third-order valence-corrected chi connectivity index (χ3v) is 6.80. The summed E-state index contributed by atoms with van der Waals surface area (Å²) in [5.74, 6) is 1.16. The van der Waals surface area contributed by atoms with Crippen LogP contribution in [0, 0.1) is 17.3 Å². The molecule has 2 aliphatic heterocycles. The second-order valence-electron chi connectivity index (χ2n) is 7.78. The van der Waals surface area contributed by atoms with E-state index in [1.807, 2.05) is 4.90 Å². The van der Waals surface area contributed by atoms with Crippen molar-refractivity contribution >= 4 is 6.03 Å². The molecule has 4 fully saturated rings. The highest BCUT2D eigenvalue weighted by Gasteiger charge is 2.65. The third kappa shape index (κ3) is 2.16. The van der Waals surface area contributed by atoms with Gasteiger partial charge in [-0.25, -0.2) is 4.79 Å². The summed E-state index contributed by atoms with van der Waals surface area (Å²) in [5.41, 5.74) is 6.00. The molecular formula is C17H29N3O2. The zero-order valence-corrected chi connectivity index (χ0v) is 13.4. The van der Waals surface area contributed by atoms with E-state index in [2.05, 4.69) is 5.32 Å². The van der Waals surface area contributed by atoms with Crippen LogP contribution < -0.4 is 11.1 Å². The van der Waals surface area contributed by atoms with E-state index < -0.39 is 0 Å². The van der Waals surface area contributed by atoms with Crippen LogP contribution >= 0.6 is 0 Å². The standard InChI is InChI=1S/C17H29N3O2/c18-11-12-3-8-20(9-4-12)16(21)19-14-13-5-10-22-15(13)17(14)6-1-2-7-17/h12-15H,1-11,18H2,(H,19,21). The average Bonchev–Trinajstić information content (AvgIpc) is 3.21. The predicted octanol–water partition coefficient (Wildman–Crippen LogP) is 1.71. The Balaban J connectivity index is 1.39. The molecule has 3 unspecified atom stereocenters. The zero-order valence-electron chi connectivity index (χ0n) is 13.4. The number of nitrogens with two attached hydrogens (primary N) is 1. The molecule has 3 N–H and O–H groups in total. The Hall–Kier alpha value is -0.810. The van der Waals surface area contributed by atoms with Crippen LogP contribution in [0.4, 0.5) is 4.79 Å². The molecule has 0 bridgehead atoms. The number of nitrogens with zero attached hydrogens (tertiary/aromatic N) is 1. The molecule has 2 saturated heterocycles. The Morgan fingerprint density at radius 1 is 1.23 bits per heavy atom. The normalized spacial score (nSPS) is 37.1. The molecule has 4 rings (SSSR count). The van der Waals surface area contributed by atoms with Crippen LogP contribution in [-0.4, -0.2) is 49.3 Å². The van der Waals surface area contributed by atoms with Crippen molar-refractivity contribution in [2.75, 3.05) is 26.2 Å². The number of amides is 2. The largest absolute Gasteiger partial charge is 0.377 e. The minimum Gasteiger partial charge on any atom is -0.377 e. The second-order valence-corrected chi connectivity index (χ2v) is 7.78. The van der Waals surface area contributed by atoms with Gasteiger partial charge in [0.2, 0.25) is 0 Å². The minimum absolute atomic E-state index is 0.150. The number of nitrogens with one attached hydrogen (secondary N) is 1. The highest BCUT2D eigenvalue weighted by molar-refractivity contribution is 5.75. The van der Waals surface area contributed by atoms with Gasteiger partial charge in [-0.2, -0.15) is 0 Å². The second kappa shape index (κ2) is 5.68. The zero-order chi connectivity index (χ0) is 15.2. The summed E-state index contributed by atoms with van der Waals surface area (Å²) in [6.45, 7) is 3.35. The number of ether oxygens (including phenoxy) is 1. The van der Waals surface area contributed by atoms with Crippen molar-refractivity contribution in [3.63, 3.8) is 0 Å². The molecule has 4 aliphatic rings. The van der Waals surface area contributed by atoms with E-state index in [1.54, 1.807) is 0 Å². The van der Waals surface area contributed by atoms with Crippen molar-refractivity contribution in [1.82, 2.24) is 10.2 Å². The first-order valence-corrected chi connectivity index (χ1v) is 9.12. The third-order valence-electron chi connectivity index (χ3n) is 6.80. The van der Waals surface area contributed by atoms with Crippen LogP contribution in [0.3, 0.4) is 0 Å². The van der Waals surface area contributed by atoms with E-state index >= 15 is 0 Å². The monoisotopic (exact) mass is 307 g/mol. The number of piperidine rings is 1. The number of fused-ring (bicyclic) bond motifs is 2. The van der Waals surface area contributed by atoms with Crippen LogP contribution in [0.25, 0.3) is 0 Å². The molecule has 0 aromatic carbocycles. The van der Waals surface area contributed by atoms with Crippen molar-refractivity contribution in [3.05, 3.63) is 0 Å². The summed E-state index contributed by atoms with van der Waals surface area (Å²) >= 11 is 0. The summed E-state index contributed by atoms with van der Waals surface area (Å²) in [7, 11) is 0. The van der Waals surface area contributed by atoms with E-state index in [-0.39, 0.29) is 11.4 Å². The molecule has 5 nitrogen and oxygen atoms in total. The van der Waals surface area contributed by atoms with Crippen LogP contribution in [-0.2, 0) is 4.74 Å². The van der Waals surface area contributed by atoms with E-state index in [4.69, 9.17) is 10.5 Å². The molecule has 2 saturated carbocycles. The van der Waals surface area contributed by atoms with Crippen LogP contribution in [0.1, 0.15) is 44.9 Å². The van der Waals surface area contributed by atoms with Crippen molar-refractivity contribution in [3.8, 4) is 0 Å². The minimum atomic E-state index is 0.150. The Morgan fingerprint density at radius 3 is 2.64 bits per heavy atom. The Bertz CT molecular complexity index is 428. The highest BCUT2D eigenvalue weighted by Crippen LogP contribution is 2.60. The molecule has 2 heterocycles. The maximum Gasteiger partial charge on any atom is 0.317 e. The first-order valence-electron chi connectivity index (χ1n) is 9.12. The molecule has 124 valence electrons. The molecule has 2 amide bonds. The van der Waals surface area contributed by atoms with Gasteiger partial charge in [0, 0.05) is 37.1 Å². The summed E-state index contributed by atoms with van der Waals surface area (Å²) in [6.07, 6.45) is 8.68. The molecule has 0 aromatic heterocycles. The lowest BCUT2D eigenvalue weighted by molar-refractivity contribution is -0.127. The van der Waals surface area contributed by atoms with Crippen molar-refractivity contribution < 1.29 is 9.53 Å². The van der Waals surface area contributed by atoms with E-state index in [0.717, 1.165) is 45.5 Å². The fourth-order valence-electron chi connectivity index (χ4n) is 5.50. The first kappa shape index (κ1) is 14.8. The fraction of sp³-hybridized carbons (Fsp3) is 0.941. The number of carbonyl (C=O) groups excluding carboxylic acids is 1. The van der Waals surface area contributed by atoms with E-state index in [1.165, 1.54) is 25.7 Å². The molecule has 5 heteroatoms. The lowest BCUT2D eigenvalue weighted by Crippen LogP contribution is -2.69. The van der Waals surface area contributed by atoms with Crippen LogP contribution in [0.2, 0.25) is 0 Å². The maximum atomic E-state index is 12.7. The molecule has 0 aromatic rings. The van der Waals surface area contributed by atoms with E-state index in [9.17, 15) is 4.79 Å². The average molecular weight is 307 g/mol. The van der Waals surface area contributed by atoms with Crippen molar-refractivity contribution in [1.29, 1.82) is 0 Å². The Labute approximate surface area is 132 Å². The number of hydrogen-bond acceptors (Lipinski definition) is 3. The van der Waals surface area contributed by atoms with Gasteiger partial charge in [-0.1, -0.05) is 12.8 Å². The number of hydrogen-bond donors (Lipinski definition) is 2. The van der Waals surface area contributed by atoms with Gasteiger partial charge in [0.1, 0.15) is 0 Å². The summed E-state index contributed by atoms with van der Waals surface area (Å²) in [5, 5.41) is 3.40. The van der Waals surface area contributed by atoms with Crippen molar-refractivity contribution in [2.24, 2.45) is 23.0 Å². The summed E-state index contributed by atoms with van der Waals surface area (Å²) < 4.78 is 6.00.